The molecule has 1 rings (SSSR count). The van der Waals surface area contributed by atoms with E-state index < -0.39 is 17.4 Å². The molecule has 0 aliphatic rings. The van der Waals surface area contributed by atoms with Crippen molar-refractivity contribution in [3.63, 3.8) is 0 Å². The maximum absolute atomic E-state index is 11.5. The molecule has 0 unspecified atom stereocenters. The van der Waals surface area contributed by atoms with Crippen molar-refractivity contribution in [3.8, 4) is 5.75 Å². The van der Waals surface area contributed by atoms with Gasteiger partial charge in [-0.1, -0.05) is 6.07 Å². The molecule has 1 N–H and O–H groups in total. The number of carboxylic acids is 1. The van der Waals surface area contributed by atoms with Gasteiger partial charge >= 0.3 is 11.9 Å². The van der Waals surface area contributed by atoms with Gasteiger partial charge in [0.2, 0.25) is 0 Å². The summed E-state index contributed by atoms with van der Waals surface area (Å²) in [5.41, 5.74) is -0.824. The maximum Gasteiger partial charge on any atom is 0.339 e. The fourth-order valence-electron chi connectivity index (χ4n) is 1.41. The van der Waals surface area contributed by atoms with Gasteiger partial charge in [-0.3, -0.25) is 4.79 Å². The van der Waals surface area contributed by atoms with Crippen LogP contribution >= 0.6 is 15.9 Å². The third kappa shape index (κ3) is 3.70. The van der Waals surface area contributed by atoms with Gasteiger partial charge in [-0.25, -0.2) is 4.79 Å². The van der Waals surface area contributed by atoms with E-state index in [9.17, 15) is 9.59 Å². The van der Waals surface area contributed by atoms with Crippen molar-refractivity contribution in [1.82, 2.24) is 0 Å². The van der Waals surface area contributed by atoms with Gasteiger partial charge in [0.1, 0.15) is 17.9 Å². The zero-order chi connectivity index (χ0) is 14.6. The first kappa shape index (κ1) is 15.5. The normalized spacial score (nSPS) is 10.9. The Labute approximate surface area is 119 Å². The molecule has 104 valence electrons. The Morgan fingerprint density at radius 1 is 1.37 bits per heavy atom. The van der Waals surface area contributed by atoms with Crippen LogP contribution in [0.1, 0.15) is 24.2 Å². The van der Waals surface area contributed by atoms with E-state index in [2.05, 4.69) is 20.7 Å². The molecule has 0 aromatic heterocycles. The lowest BCUT2D eigenvalue weighted by molar-refractivity contribution is -0.152. The lowest BCUT2D eigenvalue weighted by atomic mass is 9.95. The molecule has 0 heterocycles. The van der Waals surface area contributed by atoms with E-state index in [0.29, 0.717) is 4.47 Å². The van der Waals surface area contributed by atoms with Crippen LogP contribution in [-0.2, 0) is 9.53 Å². The van der Waals surface area contributed by atoms with Crippen molar-refractivity contribution in [3.05, 3.63) is 28.2 Å². The van der Waals surface area contributed by atoms with Gasteiger partial charge in [-0.05, 0) is 41.9 Å². The summed E-state index contributed by atoms with van der Waals surface area (Å²) < 4.78 is 10.7. The number of benzene rings is 1. The van der Waals surface area contributed by atoms with Gasteiger partial charge in [0.25, 0.3) is 0 Å². The number of ether oxygens (including phenoxy) is 2. The molecule has 19 heavy (non-hydrogen) atoms. The van der Waals surface area contributed by atoms with Gasteiger partial charge in [0.05, 0.1) is 17.0 Å². The number of methoxy groups -OCH3 is 1. The van der Waals surface area contributed by atoms with Gasteiger partial charge in [0, 0.05) is 0 Å². The molecule has 0 atom stereocenters. The lowest BCUT2D eigenvalue weighted by Gasteiger charge is -2.22. The Morgan fingerprint density at radius 2 is 2.00 bits per heavy atom. The van der Waals surface area contributed by atoms with Crippen LogP contribution in [-0.4, -0.2) is 30.8 Å². The molecule has 6 heteroatoms. The SMILES string of the molecule is COC(=O)C(C)(C)COc1c(Br)cccc1C(=O)O. The number of carboxylic acid groups (broad SMARTS) is 1. The molecule has 0 bridgehead atoms. The van der Waals surface area contributed by atoms with Crippen LogP contribution < -0.4 is 4.74 Å². The molecule has 1 aromatic carbocycles. The van der Waals surface area contributed by atoms with Gasteiger partial charge in [0.15, 0.2) is 0 Å². The van der Waals surface area contributed by atoms with Crippen LogP contribution in [0.5, 0.6) is 5.75 Å². The molecule has 0 saturated heterocycles. The average molecular weight is 331 g/mol. The van der Waals surface area contributed by atoms with E-state index in [1.54, 1.807) is 26.0 Å². The standard InChI is InChI=1S/C13H15BrO5/c1-13(2,12(17)18-3)7-19-10-8(11(15)16)5-4-6-9(10)14/h4-6H,7H2,1-3H3,(H,15,16). The zero-order valence-electron chi connectivity index (χ0n) is 10.9. The Bertz CT molecular complexity index is 496. The van der Waals surface area contributed by atoms with E-state index in [1.165, 1.54) is 13.2 Å². The molecule has 0 radical (unpaired) electrons. The quantitative estimate of drug-likeness (QED) is 0.840. The van der Waals surface area contributed by atoms with Gasteiger partial charge in [-0.15, -0.1) is 0 Å². The van der Waals surface area contributed by atoms with Crippen molar-refractivity contribution in [2.24, 2.45) is 5.41 Å². The zero-order valence-corrected chi connectivity index (χ0v) is 12.5. The summed E-state index contributed by atoms with van der Waals surface area (Å²) >= 11 is 3.23. The highest BCUT2D eigenvalue weighted by molar-refractivity contribution is 9.10. The van der Waals surface area contributed by atoms with Crippen molar-refractivity contribution in [1.29, 1.82) is 0 Å². The predicted octanol–water partition coefficient (Wildman–Crippen LogP) is 2.73. The first-order valence-corrected chi connectivity index (χ1v) is 6.32. The molecule has 0 aliphatic heterocycles. The smallest absolute Gasteiger partial charge is 0.339 e. The molecule has 5 nitrogen and oxygen atoms in total. The molecule has 0 spiro atoms. The minimum absolute atomic E-state index is 0.0164. The third-order valence-corrected chi connectivity index (χ3v) is 3.14. The van der Waals surface area contributed by atoms with Crippen molar-refractivity contribution in [2.45, 2.75) is 13.8 Å². The van der Waals surface area contributed by atoms with E-state index >= 15 is 0 Å². The summed E-state index contributed by atoms with van der Waals surface area (Å²) in [6.45, 7) is 3.34. The molecular weight excluding hydrogens is 316 g/mol. The first-order chi connectivity index (χ1) is 8.79. The number of halogens is 1. The first-order valence-electron chi connectivity index (χ1n) is 5.52. The molecule has 1 aromatic rings. The number of carbonyl (C=O) groups excluding carboxylic acids is 1. The topological polar surface area (TPSA) is 72.8 Å². The number of para-hydroxylation sites is 1. The Balaban J connectivity index is 2.95. The second-order valence-corrected chi connectivity index (χ2v) is 5.44. The average Bonchev–Trinajstić information content (AvgIpc) is 2.35. The number of hydrogen-bond donors (Lipinski definition) is 1. The molecule has 0 saturated carbocycles. The summed E-state index contributed by atoms with van der Waals surface area (Å²) in [6.07, 6.45) is 0. The number of rotatable bonds is 5. The van der Waals surface area contributed by atoms with Crippen LogP contribution in [0.4, 0.5) is 0 Å². The van der Waals surface area contributed by atoms with Crippen LogP contribution in [0.25, 0.3) is 0 Å². The second-order valence-electron chi connectivity index (χ2n) is 4.59. The summed E-state index contributed by atoms with van der Waals surface area (Å²) in [4.78, 5) is 22.6. The Kier molecular flexibility index (Phi) is 4.94. The number of aromatic carboxylic acids is 1. The van der Waals surface area contributed by atoms with Crippen molar-refractivity contribution >= 4 is 27.9 Å². The minimum atomic E-state index is -1.09. The highest BCUT2D eigenvalue weighted by Crippen LogP contribution is 2.31. The monoisotopic (exact) mass is 330 g/mol. The second kappa shape index (κ2) is 6.06. The lowest BCUT2D eigenvalue weighted by Crippen LogP contribution is -2.32. The van der Waals surface area contributed by atoms with Crippen LogP contribution in [0.2, 0.25) is 0 Å². The van der Waals surface area contributed by atoms with E-state index in [0.717, 1.165) is 0 Å². The highest BCUT2D eigenvalue weighted by Gasteiger charge is 2.30. The largest absolute Gasteiger partial charge is 0.490 e. The van der Waals surface area contributed by atoms with E-state index in [-0.39, 0.29) is 17.9 Å². The van der Waals surface area contributed by atoms with E-state index in [1.807, 2.05) is 0 Å². The van der Waals surface area contributed by atoms with Crippen LogP contribution in [0.3, 0.4) is 0 Å². The summed E-state index contributed by atoms with van der Waals surface area (Å²) in [5.74, 6) is -1.31. The third-order valence-electron chi connectivity index (χ3n) is 2.51. The Morgan fingerprint density at radius 3 is 2.53 bits per heavy atom. The van der Waals surface area contributed by atoms with Gasteiger partial charge < -0.3 is 14.6 Å². The maximum atomic E-state index is 11.5. The van der Waals surface area contributed by atoms with Crippen LogP contribution in [0, 0.1) is 5.41 Å². The van der Waals surface area contributed by atoms with Gasteiger partial charge in [-0.2, -0.15) is 0 Å². The molecule has 0 amide bonds. The summed E-state index contributed by atoms with van der Waals surface area (Å²) in [5, 5.41) is 9.08. The van der Waals surface area contributed by atoms with Crippen LogP contribution in [0.15, 0.2) is 22.7 Å². The minimum Gasteiger partial charge on any atom is -0.490 e. The molecular formula is C13H15BrO5. The molecule has 0 aliphatic carbocycles. The number of esters is 1. The number of hydrogen-bond acceptors (Lipinski definition) is 4. The fraction of sp³-hybridized carbons (Fsp3) is 0.385. The van der Waals surface area contributed by atoms with Crippen molar-refractivity contribution in [2.75, 3.05) is 13.7 Å². The van der Waals surface area contributed by atoms with E-state index in [4.69, 9.17) is 9.84 Å². The van der Waals surface area contributed by atoms with Crippen molar-refractivity contribution < 1.29 is 24.2 Å². The summed E-state index contributed by atoms with van der Waals surface area (Å²) in [7, 11) is 1.30. The highest BCUT2D eigenvalue weighted by atomic mass is 79.9. The molecule has 0 fully saturated rings. The predicted molar refractivity (Wildman–Crippen MR) is 72.4 cm³/mol. The summed E-state index contributed by atoms with van der Waals surface area (Å²) in [6, 6.07) is 4.71. The Hall–Kier alpha value is -1.56. The number of carbonyl (C=O) groups is 2. The fourth-order valence-corrected chi connectivity index (χ4v) is 1.89.